The summed E-state index contributed by atoms with van der Waals surface area (Å²) < 4.78 is 20.8. The summed E-state index contributed by atoms with van der Waals surface area (Å²) in [5.41, 5.74) is 0. The Bertz CT molecular complexity index is 164. The standard InChI is InChI=1S/C6H15NO5Si/c1-7(6(8)9-2)13(10-3,11-4)12-5/h1-5H3. The molecule has 0 saturated heterocycles. The van der Waals surface area contributed by atoms with Gasteiger partial charge < -0.3 is 18.0 Å². The Balaban J connectivity index is 4.62. The summed E-state index contributed by atoms with van der Waals surface area (Å²) in [6, 6.07) is 0. The van der Waals surface area contributed by atoms with Crippen LogP contribution >= 0.6 is 0 Å². The summed E-state index contributed by atoms with van der Waals surface area (Å²) in [7, 11) is 3.97. The van der Waals surface area contributed by atoms with Crippen LogP contribution in [0.5, 0.6) is 0 Å². The van der Waals surface area contributed by atoms with Crippen molar-refractivity contribution in [3.8, 4) is 0 Å². The van der Waals surface area contributed by atoms with E-state index in [0.717, 1.165) is 0 Å². The molecule has 6 nitrogen and oxygen atoms in total. The minimum atomic E-state index is -3.05. The molecule has 0 bridgehead atoms. The molecule has 7 heteroatoms. The molecule has 0 aliphatic carbocycles. The second-order valence-electron chi connectivity index (χ2n) is 2.17. The number of hydrogen-bond donors (Lipinski definition) is 0. The van der Waals surface area contributed by atoms with Gasteiger partial charge in [0.15, 0.2) is 0 Å². The van der Waals surface area contributed by atoms with Gasteiger partial charge in [-0.15, -0.1) is 0 Å². The van der Waals surface area contributed by atoms with Crippen LogP contribution in [0, 0.1) is 0 Å². The van der Waals surface area contributed by atoms with Gasteiger partial charge in [0.05, 0.1) is 7.11 Å². The summed E-state index contributed by atoms with van der Waals surface area (Å²) in [5.74, 6) is 0. The summed E-state index contributed by atoms with van der Waals surface area (Å²) in [6.45, 7) is 0. The molecule has 1 amide bonds. The van der Waals surface area contributed by atoms with Crippen LogP contribution in [0.3, 0.4) is 0 Å². The van der Waals surface area contributed by atoms with E-state index in [1.54, 1.807) is 0 Å². The number of nitrogens with zero attached hydrogens (tertiary/aromatic N) is 1. The smallest absolute Gasteiger partial charge is 0.453 e. The lowest BCUT2D eigenvalue weighted by Gasteiger charge is -2.30. The molecule has 0 saturated carbocycles. The number of methoxy groups -OCH3 is 1. The molecule has 0 heterocycles. The van der Waals surface area contributed by atoms with Crippen LogP contribution in [-0.4, -0.2) is 55.1 Å². The van der Waals surface area contributed by atoms with Crippen molar-refractivity contribution in [3.05, 3.63) is 0 Å². The fraction of sp³-hybridized carbons (Fsp3) is 0.833. The van der Waals surface area contributed by atoms with Crippen molar-refractivity contribution in [2.75, 3.05) is 35.5 Å². The monoisotopic (exact) mass is 209 g/mol. The highest BCUT2D eigenvalue weighted by molar-refractivity contribution is 6.60. The van der Waals surface area contributed by atoms with Crippen LogP contribution in [0.2, 0.25) is 0 Å². The van der Waals surface area contributed by atoms with Crippen molar-refractivity contribution in [2.24, 2.45) is 0 Å². The first-order chi connectivity index (χ1) is 6.07. The molecule has 13 heavy (non-hydrogen) atoms. The van der Waals surface area contributed by atoms with E-state index in [0.29, 0.717) is 0 Å². The summed E-state index contributed by atoms with van der Waals surface area (Å²) in [6.07, 6.45) is -0.558. The van der Waals surface area contributed by atoms with Crippen molar-refractivity contribution < 1.29 is 22.8 Å². The maximum Gasteiger partial charge on any atom is 0.637 e. The zero-order chi connectivity index (χ0) is 10.5. The Labute approximate surface area is 78.8 Å². The predicted octanol–water partition coefficient (Wildman–Crippen LogP) is 0.0594. The molecule has 0 aromatic carbocycles. The highest BCUT2D eigenvalue weighted by atomic mass is 28.4. The zero-order valence-electron chi connectivity index (χ0n) is 8.49. The largest absolute Gasteiger partial charge is 0.637 e. The molecule has 0 aliphatic rings. The lowest BCUT2D eigenvalue weighted by atomic mass is 11.1. The summed E-state index contributed by atoms with van der Waals surface area (Å²) >= 11 is 0. The van der Waals surface area contributed by atoms with E-state index in [1.165, 1.54) is 40.1 Å². The van der Waals surface area contributed by atoms with Gasteiger partial charge in [-0.1, -0.05) is 0 Å². The Morgan fingerprint density at radius 1 is 1.08 bits per heavy atom. The number of rotatable bonds is 4. The van der Waals surface area contributed by atoms with Gasteiger partial charge in [0, 0.05) is 28.4 Å². The van der Waals surface area contributed by atoms with Crippen LogP contribution in [0.15, 0.2) is 0 Å². The first-order valence-corrected chi connectivity index (χ1v) is 5.22. The van der Waals surface area contributed by atoms with E-state index in [-0.39, 0.29) is 0 Å². The SMILES string of the molecule is COC(=O)N(C)[Si](OC)(OC)OC. The van der Waals surface area contributed by atoms with Crippen molar-refractivity contribution >= 4 is 15.1 Å². The second kappa shape index (κ2) is 5.17. The van der Waals surface area contributed by atoms with Gasteiger partial charge in [0.25, 0.3) is 0 Å². The minimum absolute atomic E-state index is 0.558. The van der Waals surface area contributed by atoms with Crippen molar-refractivity contribution in [1.82, 2.24) is 4.57 Å². The molecular formula is C6H15NO5Si. The number of amides is 1. The molecular weight excluding hydrogens is 194 g/mol. The van der Waals surface area contributed by atoms with Gasteiger partial charge in [-0.05, 0) is 0 Å². The molecule has 0 fully saturated rings. The molecule has 0 rings (SSSR count). The third-order valence-corrected chi connectivity index (χ3v) is 4.19. The molecule has 0 radical (unpaired) electrons. The predicted molar refractivity (Wildman–Crippen MR) is 46.9 cm³/mol. The molecule has 0 aliphatic heterocycles. The fourth-order valence-corrected chi connectivity index (χ4v) is 2.55. The maximum atomic E-state index is 11.1. The fourth-order valence-electron chi connectivity index (χ4n) is 0.910. The average Bonchev–Trinajstić information content (AvgIpc) is 2.20. The lowest BCUT2D eigenvalue weighted by molar-refractivity contribution is 0.0594. The van der Waals surface area contributed by atoms with Crippen LogP contribution in [-0.2, 0) is 18.0 Å². The van der Waals surface area contributed by atoms with Crippen LogP contribution in [0.25, 0.3) is 0 Å². The third-order valence-electron chi connectivity index (χ3n) is 1.63. The average molecular weight is 209 g/mol. The Morgan fingerprint density at radius 2 is 1.46 bits per heavy atom. The molecule has 0 atom stereocenters. The Hall–Kier alpha value is -0.633. The van der Waals surface area contributed by atoms with Gasteiger partial charge in [0.2, 0.25) is 0 Å². The summed E-state index contributed by atoms with van der Waals surface area (Å²) in [5, 5.41) is 0. The molecule has 0 aromatic rings. The van der Waals surface area contributed by atoms with Gasteiger partial charge in [-0.25, -0.2) is 4.79 Å². The van der Waals surface area contributed by atoms with Crippen molar-refractivity contribution in [3.63, 3.8) is 0 Å². The number of hydrogen-bond acceptors (Lipinski definition) is 5. The van der Waals surface area contributed by atoms with E-state index in [4.69, 9.17) is 13.3 Å². The molecule has 0 N–H and O–H groups in total. The van der Waals surface area contributed by atoms with Gasteiger partial charge >= 0.3 is 15.1 Å². The molecule has 0 aromatic heterocycles. The lowest BCUT2D eigenvalue weighted by Crippen LogP contribution is -2.59. The third kappa shape index (κ3) is 2.40. The van der Waals surface area contributed by atoms with E-state index in [1.807, 2.05) is 0 Å². The maximum absolute atomic E-state index is 11.1. The van der Waals surface area contributed by atoms with Gasteiger partial charge in [-0.2, -0.15) is 0 Å². The topological polar surface area (TPSA) is 57.2 Å². The number of ether oxygens (including phenoxy) is 1. The van der Waals surface area contributed by atoms with Crippen LogP contribution in [0.1, 0.15) is 0 Å². The van der Waals surface area contributed by atoms with Crippen LogP contribution in [0.4, 0.5) is 4.79 Å². The normalized spacial score (nSPS) is 11.2. The quantitative estimate of drug-likeness (QED) is 0.613. The Morgan fingerprint density at radius 3 is 1.69 bits per heavy atom. The first-order valence-electron chi connectivity index (χ1n) is 3.55. The van der Waals surface area contributed by atoms with Crippen molar-refractivity contribution in [1.29, 1.82) is 0 Å². The van der Waals surface area contributed by atoms with E-state index in [2.05, 4.69) is 4.74 Å². The Kier molecular flexibility index (Phi) is 4.92. The summed E-state index contributed by atoms with van der Waals surface area (Å²) in [4.78, 5) is 11.1. The molecule has 0 spiro atoms. The van der Waals surface area contributed by atoms with E-state index < -0.39 is 15.1 Å². The molecule has 0 unspecified atom stereocenters. The van der Waals surface area contributed by atoms with E-state index >= 15 is 0 Å². The highest BCUT2D eigenvalue weighted by Gasteiger charge is 2.48. The zero-order valence-corrected chi connectivity index (χ0v) is 9.49. The number of carbonyl (C=O) groups excluding carboxylic acids is 1. The van der Waals surface area contributed by atoms with E-state index in [9.17, 15) is 4.79 Å². The van der Waals surface area contributed by atoms with Gasteiger partial charge in [-0.3, -0.25) is 4.57 Å². The highest BCUT2D eigenvalue weighted by Crippen LogP contribution is 2.11. The van der Waals surface area contributed by atoms with Crippen LogP contribution < -0.4 is 0 Å². The first kappa shape index (κ1) is 12.4. The molecule has 78 valence electrons. The van der Waals surface area contributed by atoms with Gasteiger partial charge in [0.1, 0.15) is 0 Å². The van der Waals surface area contributed by atoms with Crippen molar-refractivity contribution in [2.45, 2.75) is 0 Å². The minimum Gasteiger partial charge on any atom is -0.453 e. The second-order valence-corrected chi connectivity index (χ2v) is 5.11. The number of carbonyl (C=O) groups is 1.